The summed E-state index contributed by atoms with van der Waals surface area (Å²) >= 11 is 0. The molecule has 1 aliphatic rings. The van der Waals surface area contributed by atoms with E-state index in [1.807, 2.05) is 36.4 Å². The van der Waals surface area contributed by atoms with E-state index in [-0.39, 0.29) is 0 Å². The van der Waals surface area contributed by atoms with Crippen molar-refractivity contribution in [1.82, 2.24) is 5.32 Å². The van der Waals surface area contributed by atoms with Crippen molar-refractivity contribution in [3.8, 4) is 6.07 Å². The number of nitrogens with one attached hydrogen (secondary N) is 1. The maximum Gasteiger partial charge on any atom is 0.248 e. The van der Waals surface area contributed by atoms with Crippen LogP contribution in [0.3, 0.4) is 0 Å². The summed E-state index contributed by atoms with van der Waals surface area (Å²) in [7, 11) is 0. The van der Waals surface area contributed by atoms with Crippen LogP contribution in [0.25, 0.3) is 0 Å². The van der Waals surface area contributed by atoms with Gasteiger partial charge in [-0.2, -0.15) is 5.26 Å². The number of nitrogens with zero attached hydrogens (tertiary/aromatic N) is 1. The Balaban J connectivity index is 1.56. The van der Waals surface area contributed by atoms with Crippen LogP contribution in [0.2, 0.25) is 0 Å². The van der Waals surface area contributed by atoms with E-state index in [2.05, 4.69) is 11.4 Å². The fourth-order valence-corrected chi connectivity index (χ4v) is 2.68. The molecule has 0 radical (unpaired) electrons. The molecular formula is C18H17N3O. The van der Waals surface area contributed by atoms with Gasteiger partial charge in [-0.15, -0.1) is 0 Å². The SMILES string of the molecule is N#Cc1cccc(CNC2CC2c2ccc(C(N)=O)cc2)c1. The van der Waals surface area contributed by atoms with Gasteiger partial charge in [0.25, 0.3) is 0 Å². The number of carbonyl (C=O) groups excluding carboxylic acids is 1. The van der Waals surface area contributed by atoms with Gasteiger partial charge in [0.1, 0.15) is 0 Å². The molecule has 0 aliphatic heterocycles. The van der Waals surface area contributed by atoms with Gasteiger partial charge in [-0.05, 0) is 41.8 Å². The lowest BCUT2D eigenvalue weighted by molar-refractivity contribution is 0.100. The Morgan fingerprint density at radius 1 is 1.27 bits per heavy atom. The predicted octanol–water partition coefficient (Wildman–Crippen LogP) is 2.30. The van der Waals surface area contributed by atoms with E-state index in [4.69, 9.17) is 11.0 Å². The van der Waals surface area contributed by atoms with E-state index in [1.54, 1.807) is 12.1 Å². The highest BCUT2D eigenvalue weighted by Gasteiger charge is 2.37. The highest BCUT2D eigenvalue weighted by atomic mass is 16.1. The Morgan fingerprint density at radius 3 is 2.73 bits per heavy atom. The smallest absolute Gasteiger partial charge is 0.248 e. The summed E-state index contributed by atoms with van der Waals surface area (Å²) in [6.45, 7) is 0.760. The van der Waals surface area contributed by atoms with Crippen LogP contribution in [0.1, 0.15) is 39.4 Å². The average molecular weight is 291 g/mol. The zero-order valence-electron chi connectivity index (χ0n) is 12.1. The first kappa shape index (κ1) is 14.3. The predicted molar refractivity (Wildman–Crippen MR) is 84.1 cm³/mol. The largest absolute Gasteiger partial charge is 0.366 e. The minimum Gasteiger partial charge on any atom is -0.366 e. The van der Waals surface area contributed by atoms with E-state index >= 15 is 0 Å². The molecule has 3 rings (SSSR count). The fourth-order valence-electron chi connectivity index (χ4n) is 2.68. The van der Waals surface area contributed by atoms with Gasteiger partial charge in [0.15, 0.2) is 0 Å². The summed E-state index contributed by atoms with van der Waals surface area (Å²) in [5.74, 6) is 0.0930. The van der Waals surface area contributed by atoms with E-state index in [9.17, 15) is 4.79 Å². The molecule has 22 heavy (non-hydrogen) atoms. The minimum atomic E-state index is -0.394. The Morgan fingerprint density at radius 2 is 2.05 bits per heavy atom. The number of nitriles is 1. The van der Waals surface area contributed by atoms with Gasteiger partial charge >= 0.3 is 0 Å². The van der Waals surface area contributed by atoms with E-state index in [0.29, 0.717) is 23.1 Å². The van der Waals surface area contributed by atoms with Gasteiger partial charge in [-0.3, -0.25) is 4.79 Å². The third kappa shape index (κ3) is 3.16. The van der Waals surface area contributed by atoms with Gasteiger partial charge < -0.3 is 11.1 Å². The van der Waals surface area contributed by atoms with Crippen molar-refractivity contribution in [1.29, 1.82) is 5.26 Å². The maximum absolute atomic E-state index is 11.1. The summed E-state index contributed by atoms with van der Waals surface area (Å²) in [6.07, 6.45) is 1.09. The van der Waals surface area contributed by atoms with Gasteiger partial charge in [0.2, 0.25) is 5.91 Å². The average Bonchev–Trinajstić information content (AvgIpc) is 3.33. The maximum atomic E-state index is 11.1. The van der Waals surface area contributed by atoms with Gasteiger partial charge in [-0.25, -0.2) is 0 Å². The standard InChI is InChI=1S/C18H17N3O/c19-10-12-2-1-3-13(8-12)11-21-17-9-16(17)14-4-6-15(7-5-14)18(20)22/h1-8,16-17,21H,9,11H2,(H2,20,22). The lowest BCUT2D eigenvalue weighted by Crippen LogP contribution is -2.17. The van der Waals surface area contributed by atoms with Crippen LogP contribution >= 0.6 is 0 Å². The highest BCUT2D eigenvalue weighted by Crippen LogP contribution is 2.40. The summed E-state index contributed by atoms with van der Waals surface area (Å²) in [6, 6.07) is 17.8. The number of hydrogen-bond acceptors (Lipinski definition) is 3. The number of rotatable bonds is 5. The lowest BCUT2D eigenvalue weighted by atomic mass is 10.1. The molecule has 3 N–H and O–H groups in total. The molecule has 1 aliphatic carbocycles. The van der Waals surface area contributed by atoms with Crippen LogP contribution in [-0.2, 0) is 6.54 Å². The molecule has 2 aromatic carbocycles. The fraction of sp³-hybridized carbons (Fsp3) is 0.222. The number of carbonyl (C=O) groups is 1. The van der Waals surface area contributed by atoms with Crippen molar-refractivity contribution in [3.63, 3.8) is 0 Å². The van der Waals surface area contributed by atoms with Crippen molar-refractivity contribution in [2.75, 3.05) is 0 Å². The van der Waals surface area contributed by atoms with Crippen molar-refractivity contribution in [2.45, 2.75) is 24.9 Å². The molecule has 1 saturated carbocycles. The number of benzene rings is 2. The molecule has 2 atom stereocenters. The zero-order chi connectivity index (χ0) is 15.5. The molecule has 0 spiro atoms. The Labute approximate surface area is 129 Å². The topological polar surface area (TPSA) is 78.9 Å². The molecule has 0 aromatic heterocycles. The molecule has 0 saturated heterocycles. The second-order valence-corrected chi connectivity index (χ2v) is 5.63. The lowest BCUT2D eigenvalue weighted by Gasteiger charge is -2.05. The first-order valence-corrected chi connectivity index (χ1v) is 7.29. The van der Waals surface area contributed by atoms with Crippen molar-refractivity contribution in [2.24, 2.45) is 5.73 Å². The quantitative estimate of drug-likeness (QED) is 0.887. The summed E-state index contributed by atoms with van der Waals surface area (Å²) in [5.41, 5.74) is 8.83. The molecule has 1 amide bonds. The third-order valence-electron chi connectivity index (χ3n) is 4.04. The molecule has 1 fully saturated rings. The molecule has 2 unspecified atom stereocenters. The van der Waals surface area contributed by atoms with Crippen LogP contribution < -0.4 is 11.1 Å². The normalized spacial score (nSPS) is 19.4. The Bertz CT molecular complexity index is 731. The molecule has 0 bridgehead atoms. The van der Waals surface area contributed by atoms with E-state index < -0.39 is 5.91 Å². The third-order valence-corrected chi connectivity index (χ3v) is 4.04. The van der Waals surface area contributed by atoms with Crippen molar-refractivity contribution in [3.05, 3.63) is 70.8 Å². The number of hydrogen-bond donors (Lipinski definition) is 2. The first-order chi connectivity index (χ1) is 10.7. The zero-order valence-corrected chi connectivity index (χ0v) is 12.1. The van der Waals surface area contributed by atoms with Crippen molar-refractivity contribution < 1.29 is 4.79 Å². The molecule has 110 valence electrons. The van der Waals surface area contributed by atoms with Crippen molar-refractivity contribution >= 4 is 5.91 Å². The number of amides is 1. The summed E-state index contributed by atoms with van der Waals surface area (Å²) in [5, 5.41) is 12.4. The van der Waals surface area contributed by atoms with Gasteiger partial charge in [-0.1, -0.05) is 24.3 Å². The summed E-state index contributed by atoms with van der Waals surface area (Å²) < 4.78 is 0. The Kier molecular flexibility index (Phi) is 3.90. The van der Waals surface area contributed by atoms with Crippen LogP contribution in [0.15, 0.2) is 48.5 Å². The summed E-state index contributed by atoms with van der Waals surface area (Å²) in [4.78, 5) is 11.1. The molecule has 0 heterocycles. The van der Waals surface area contributed by atoms with Crippen LogP contribution in [0.5, 0.6) is 0 Å². The first-order valence-electron chi connectivity index (χ1n) is 7.29. The van der Waals surface area contributed by atoms with Crippen LogP contribution in [0, 0.1) is 11.3 Å². The molecular weight excluding hydrogens is 274 g/mol. The molecule has 4 nitrogen and oxygen atoms in total. The van der Waals surface area contributed by atoms with Gasteiger partial charge in [0, 0.05) is 24.1 Å². The Hall–Kier alpha value is -2.64. The van der Waals surface area contributed by atoms with E-state index in [1.165, 1.54) is 5.56 Å². The minimum absolute atomic E-state index is 0.394. The van der Waals surface area contributed by atoms with Gasteiger partial charge in [0.05, 0.1) is 11.6 Å². The molecule has 4 heteroatoms. The monoisotopic (exact) mass is 291 g/mol. The number of primary amides is 1. The second-order valence-electron chi connectivity index (χ2n) is 5.63. The second kappa shape index (κ2) is 6.00. The highest BCUT2D eigenvalue weighted by molar-refractivity contribution is 5.92. The van der Waals surface area contributed by atoms with Crippen LogP contribution in [-0.4, -0.2) is 11.9 Å². The number of nitrogens with two attached hydrogens (primary N) is 1. The molecule has 2 aromatic rings. The van der Waals surface area contributed by atoms with Crippen LogP contribution in [0.4, 0.5) is 0 Å². The van der Waals surface area contributed by atoms with E-state index in [0.717, 1.165) is 18.5 Å².